The van der Waals surface area contributed by atoms with Crippen molar-refractivity contribution < 1.29 is 0 Å². The second-order valence-electron chi connectivity index (χ2n) is 8.35. The molecule has 0 saturated heterocycles. The normalized spacial score (nSPS) is 11.5. The van der Waals surface area contributed by atoms with Gasteiger partial charge in [-0.2, -0.15) is 0 Å². The minimum atomic E-state index is -0.0310. The maximum Gasteiger partial charge on any atom is 0.201 e. The predicted molar refractivity (Wildman–Crippen MR) is 145 cm³/mol. The third-order valence-corrected chi connectivity index (χ3v) is 7.38. The lowest BCUT2D eigenvalue weighted by molar-refractivity contribution is 0.361. The molecule has 0 saturated carbocycles. The van der Waals surface area contributed by atoms with E-state index in [4.69, 9.17) is 11.6 Å². The number of halogens is 1. The number of nitrogens with one attached hydrogen (secondary N) is 2. The zero-order chi connectivity index (χ0) is 24.4. The highest BCUT2D eigenvalue weighted by Gasteiger charge is 2.13. The molecular formula is C25H24ClN7OS. The van der Waals surface area contributed by atoms with Crippen LogP contribution in [0.5, 0.6) is 0 Å². The van der Waals surface area contributed by atoms with Crippen molar-refractivity contribution in [1.82, 2.24) is 24.8 Å². The first-order chi connectivity index (χ1) is 17.0. The number of anilines is 2. The first-order valence-electron chi connectivity index (χ1n) is 11.2. The number of fused-ring (bicyclic) bond motifs is 3. The Hall–Kier alpha value is -3.40. The van der Waals surface area contributed by atoms with E-state index < -0.39 is 0 Å². The summed E-state index contributed by atoms with van der Waals surface area (Å²) in [6, 6.07) is 9.63. The molecule has 3 heterocycles. The lowest BCUT2D eigenvalue weighted by atomic mass is 10.1. The Morgan fingerprint density at radius 1 is 1.00 bits per heavy atom. The smallest absolute Gasteiger partial charge is 0.201 e. The minimum Gasteiger partial charge on any atom is -0.383 e. The van der Waals surface area contributed by atoms with Gasteiger partial charge in [-0.25, -0.2) is 19.9 Å². The van der Waals surface area contributed by atoms with E-state index in [0.717, 1.165) is 52.3 Å². The number of hydrogen-bond donors (Lipinski definition) is 2. The first-order valence-corrected chi connectivity index (χ1v) is 12.4. The predicted octanol–water partition coefficient (Wildman–Crippen LogP) is 4.57. The molecule has 5 aromatic rings. The fraction of sp³-hybridized carbons (Fsp3) is 0.240. The number of likely N-dealkylation sites (N-methyl/N-ethyl adjacent to an activating group) is 1. The Morgan fingerprint density at radius 2 is 1.83 bits per heavy atom. The SMILES string of the molecule is Cc1ccc(NCCN(C)CCNc2ncnc3cc(Cl)ccc23)c2c(=O)c3cncnc3sc12. The van der Waals surface area contributed by atoms with Crippen LogP contribution in [0.4, 0.5) is 11.5 Å². The highest BCUT2D eigenvalue weighted by Crippen LogP contribution is 2.30. The quantitative estimate of drug-likeness (QED) is 0.296. The fourth-order valence-electron chi connectivity index (χ4n) is 4.01. The van der Waals surface area contributed by atoms with Crippen molar-refractivity contribution in [3.05, 3.63) is 70.0 Å². The van der Waals surface area contributed by atoms with Crippen LogP contribution in [0.25, 0.3) is 31.2 Å². The Labute approximate surface area is 211 Å². The summed E-state index contributed by atoms with van der Waals surface area (Å²) in [5.41, 5.74) is 2.69. The van der Waals surface area contributed by atoms with Gasteiger partial charge in [-0.15, -0.1) is 11.3 Å². The van der Waals surface area contributed by atoms with Gasteiger partial charge in [0.15, 0.2) is 0 Å². The van der Waals surface area contributed by atoms with Crippen molar-refractivity contribution in [2.75, 3.05) is 43.9 Å². The van der Waals surface area contributed by atoms with E-state index in [0.29, 0.717) is 27.2 Å². The number of aryl methyl sites for hydroxylation is 1. The molecule has 3 aromatic heterocycles. The highest BCUT2D eigenvalue weighted by molar-refractivity contribution is 7.24. The topological polar surface area (TPSA) is 95.9 Å². The van der Waals surface area contributed by atoms with Crippen LogP contribution < -0.4 is 16.1 Å². The molecule has 0 bridgehead atoms. The van der Waals surface area contributed by atoms with E-state index in [1.165, 1.54) is 17.7 Å². The molecule has 0 aliphatic carbocycles. The molecule has 178 valence electrons. The molecule has 0 atom stereocenters. The average molecular weight is 506 g/mol. The van der Waals surface area contributed by atoms with Crippen LogP contribution in [0.2, 0.25) is 5.02 Å². The molecule has 5 rings (SSSR count). The van der Waals surface area contributed by atoms with Gasteiger partial charge in [0, 0.05) is 53.2 Å². The molecular weight excluding hydrogens is 482 g/mol. The van der Waals surface area contributed by atoms with Gasteiger partial charge in [-0.05, 0) is 43.8 Å². The maximum absolute atomic E-state index is 13.2. The van der Waals surface area contributed by atoms with Crippen LogP contribution in [-0.4, -0.2) is 58.1 Å². The molecule has 8 nitrogen and oxygen atoms in total. The summed E-state index contributed by atoms with van der Waals surface area (Å²) in [6.45, 7) is 5.09. The second-order valence-corrected chi connectivity index (χ2v) is 9.78. The van der Waals surface area contributed by atoms with Crippen molar-refractivity contribution in [3.63, 3.8) is 0 Å². The summed E-state index contributed by atoms with van der Waals surface area (Å²) >= 11 is 7.60. The standard InChI is InChI=1S/C25H24ClN7OS/c1-15-3-6-19(21-22(34)18-12-27-13-32-25(18)35-23(15)21)28-7-9-33(2)10-8-29-24-17-5-4-16(26)11-20(17)30-14-31-24/h3-6,11-14,28H,7-10H2,1-2H3,(H,29,30,31). The Bertz CT molecular complexity index is 1590. The Balaban J connectivity index is 1.22. The van der Waals surface area contributed by atoms with Crippen molar-refractivity contribution in [2.24, 2.45) is 0 Å². The van der Waals surface area contributed by atoms with Crippen molar-refractivity contribution in [1.29, 1.82) is 0 Å². The van der Waals surface area contributed by atoms with Crippen molar-refractivity contribution in [3.8, 4) is 0 Å². The number of rotatable bonds is 8. The van der Waals surface area contributed by atoms with Crippen LogP contribution in [0.1, 0.15) is 5.56 Å². The lowest BCUT2D eigenvalue weighted by Crippen LogP contribution is -2.30. The summed E-state index contributed by atoms with van der Waals surface area (Å²) in [7, 11) is 2.07. The largest absolute Gasteiger partial charge is 0.383 e. The second kappa shape index (κ2) is 10.1. The Morgan fingerprint density at radius 3 is 2.69 bits per heavy atom. The lowest BCUT2D eigenvalue weighted by Gasteiger charge is -2.19. The van der Waals surface area contributed by atoms with Gasteiger partial charge in [0.1, 0.15) is 23.3 Å². The van der Waals surface area contributed by atoms with Crippen molar-refractivity contribution in [2.45, 2.75) is 6.92 Å². The van der Waals surface area contributed by atoms with E-state index in [1.54, 1.807) is 12.5 Å². The third-order valence-electron chi connectivity index (χ3n) is 5.89. The van der Waals surface area contributed by atoms with Crippen LogP contribution in [-0.2, 0) is 0 Å². The van der Waals surface area contributed by atoms with Gasteiger partial charge < -0.3 is 15.5 Å². The van der Waals surface area contributed by atoms with Crippen LogP contribution in [0.15, 0.2) is 54.0 Å². The molecule has 2 aromatic carbocycles. The average Bonchev–Trinajstić information content (AvgIpc) is 2.85. The molecule has 0 spiro atoms. The molecule has 0 radical (unpaired) electrons. The van der Waals surface area contributed by atoms with Gasteiger partial charge in [0.2, 0.25) is 5.43 Å². The van der Waals surface area contributed by atoms with Crippen LogP contribution in [0.3, 0.4) is 0 Å². The van der Waals surface area contributed by atoms with Crippen molar-refractivity contribution >= 4 is 65.6 Å². The number of aromatic nitrogens is 4. The van der Waals surface area contributed by atoms with Gasteiger partial charge in [-0.1, -0.05) is 17.7 Å². The number of nitrogens with zero attached hydrogens (tertiary/aromatic N) is 5. The van der Waals surface area contributed by atoms with Gasteiger partial charge in [0.25, 0.3) is 0 Å². The highest BCUT2D eigenvalue weighted by atomic mass is 35.5. The van der Waals surface area contributed by atoms with Gasteiger partial charge >= 0.3 is 0 Å². The summed E-state index contributed by atoms with van der Waals surface area (Å²) in [6.07, 6.45) is 4.62. The summed E-state index contributed by atoms with van der Waals surface area (Å²) in [5.74, 6) is 0.796. The summed E-state index contributed by atoms with van der Waals surface area (Å²) in [5, 5.41) is 9.71. The Kier molecular flexibility index (Phi) is 6.72. The third kappa shape index (κ3) is 4.88. The molecule has 0 aliphatic rings. The number of benzene rings is 2. The molecule has 0 unspecified atom stereocenters. The molecule has 35 heavy (non-hydrogen) atoms. The summed E-state index contributed by atoms with van der Waals surface area (Å²) < 4.78 is 0.960. The van der Waals surface area contributed by atoms with Crippen LogP contribution in [0, 0.1) is 6.92 Å². The molecule has 0 fully saturated rings. The van der Waals surface area contributed by atoms with E-state index in [-0.39, 0.29) is 5.43 Å². The van der Waals surface area contributed by atoms with E-state index in [1.807, 2.05) is 37.3 Å². The molecule has 0 amide bonds. The molecule has 2 N–H and O–H groups in total. The number of hydrogen-bond acceptors (Lipinski definition) is 9. The van der Waals surface area contributed by atoms with E-state index in [9.17, 15) is 4.79 Å². The van der Waals surface area contributed by atoms with Gasteiger partial charge in [0.05, 0.1) is 16.3 Å². The van der Waals surface area contributed by atoms with E-state index in [2.05, 4.69) is 42.5 Å². The first kappa shape index (κ1) is 23.3. The zero-order valence-electron chi connectivity index (χ0n) is 19.4. The van der Waals surface area contributed by atoms with E-state index >= 15 is 0 Å². The molecule has 10 heteroatoms. The molecule has 0 aliphatic heterocycles. The summed E-state index contributed by atoms with van der Waals surface area (Å²) in [4.78, 5) is 33.1. The minimum absolute atomic E-state index is 0.0310. The van der Waals surface area contributed by atoms with Crippen LogP contribution >= 0.6 is 22.9 Å². The monoisotopic (exact) mass is 505 g/mol. The zero-order valence-corrected chi connectivity index (χ0v) is 21.0. The maximum atomic E-state index is 13.2. The van der Waals surface area contributed by atoms with Gasteiger partial charge in [-0.3, -0.25) is 4.79 Å². The fourth-order valence-corrected chi connectivity index (χ4v) is 5.26.